The highest BCUT2D eigenvalue weighted by atomic mass is 32.1. The largest absolute Gasteiger partial charge is 0.309 e. The van der Waals surface area contributed by atoms with Gasteiger partial charge in [0.1, 0.15) is 0 Å². The molecule has 0 spiro atoms. The molecule has 0 aliphatic heterocycles. The number of rotatable bonds is 4. The molecule has 256 valence electrons. The van der Waals surface area contributed by atoms with E-state index in [9.17, 15) is 0 Å². The van der Waals surface area contributed by atoms with Crippen LogP contribution in [0.2, 0.25) is 0 Å². The maximum atomic E-state index is 5.49. The van der Waals surface area contributed by atoms with Crippen LogP contribution in [0.25, 0.3) is 109 Å². The second-order valence-electron chi connectivity index (χ2n) is 14.2. The van der Waals surface area contributed by atoms with Crippen molar-refractivity contribution in [3.8, 4) is 34.0 Å². The van der Waals surface area contributed by atoms with E-state index in [2.05, 4.69) is 191 Å². The third kappa shape index (κ3) is 4.57. The first-order valence-corrected chi connectivity index (χ1v) is 19.4. The number of para-hydroxylation sites is 3. The van der Waals surface area contributed by atoms with Crippen LogP contribution >= 0.6 is 11.3 Å². The maximum Gasteiger partial charge on any atom is 0.235 e. The lowest BCUT2D eigenvalue weighted by Gasteiger charge is -2.13. The van der Waals surface area contributed by atoms with Gasteiger partial charge in [0.15, 0.2) is 0 Å². The third-order valence-corrected chi connectivity index (χ3v) is 12.3. The highest BCUT2D eigenvalue weighted by Crippen LogP contribution is 2.40. The summed E-state index contributed by atoms with van der Waals surface area (Å²) in [6.45, 7) is 0. The van der Waals surface area contributed by atoms with Crippen molar-refractivity contribution in [2.75, 3.05) is 0 Å². The fourth-order valence-corrected chi connectivity index (χ4v) is 9.72. The molecular weight excluding hydrogens is 689 g/mol. The van der Waals surface area contributed by atoms with Crippen molar-refractivity contribution in [2.24, 2.45) is 0 Å². The lowest BCUT2D eigenvalue weighted by atomic mass is 10.00. The number of hydrogen-bond donors (Lipinski definition) is 0. The van der Waals surface area contributed by atoms with Crippen LogP contribution in [0.4, 0.5) is 0 Å². The average Bonchev–Trinajstić information content (AvgIpc) is 3.90. The molecule has 0 unspecified atom stereocenters. The molecule has 0 bridgehead atoms. The van der Waals surface area contributed by atoms with Crippen molar-refractivity contribution in [3.63, 3.8) is 0 Å². The van der Waals surface area contributed by atoms with Gasteiger partial charge in [-0.1, -0.05) is 115 Å². The normalized spacial score (nSPS) is 12.0. The summed E-state index contributed by atoms with van der Waals surface area (Å²) in [5, 5.41) is 8.37. The van der Waals surface area contributed by atoms with Crippen LogP contribution in [0.15, 0.2) is 182 Å². The quantitative estimate of drug-likeness (QED) is 0.182. The minimum atomic E-state index is 0.652. The topological polar surface area (TPSA) is 35.6 Å². The van der Waals surface area contributed by atoms with Gasteiger partial charge in [-0.2, -0.15) is 0 Å². The molecule has 55 heavy (non-hydrogen) atoms. The fourth-order valence-electron chi connectivity index (χ4n) is 8.64. The van der Waals surface area contributed by atoms with Crippen molar-refractivity contribution >= 4 is 86.0 Å². The number of fused-ring (bicyclic) bond motifs is 10. The molecule has 4 heterocycles. The van der Waals surface area contributed by atoms with Gasteiger partial charge in [-0.05, 0) is 77.9 Å². The molecule has 8 aromatic carbocycles. The second kappa shape index (κ2) is 11.7. The summed E-state index contributed by atoms with van der Waals surface area (Å²) >= 11 is 1.84. The first-order chi connectivity index (χ1) is 27.3. The van der Waals surface area contributed by atoms with Gasteiger partial charge in [0, 0.05) is 58.4 Å². The molecule has 0 atom stereocenters. The highest BCUT2D eigenvalue weighted by Gasteiger charge is 2.20. The predicted molar refractivity (Wildman–Crippen MR) is 232 cm³/mol. The molecule has 4 aromatic heterocycles. The molecule has 0 saturated carbocycles. The Labute approximate surface area is 319 Å². The first-order valence-electron chi connectivity index (χ1n) is 18.6. The number of nitrogens with zero attached hydrogens (tertiary/aromatic N) is 4. The summed E-state index contributed by atoms with van der Waals surface area (Å²) in [7, 11) is 0. The predicted octanol–water partition coefficient (Wildman–Crippen LogP) is 13.5. The van der Waals surface area contributed by atoms with Gasteiger partial charge in [-0.3, -0.25) is 4.57 Å². The van der Waals surface area contributed by atoms with E-state index in [0.29, 0.717) is 5.95 Å². The van der Waals surface area contributed by atoms with Crippen molar-refractivity contribution in [1.82, 2.24) is 19.1 Å². The molecule has 0 N–H and O–H groups in total. The molecule has 0 radical (unpaired) electrons. The van der Waals surface area contributed by atoms with Crippen LogP contribution < -0.4 is 0 Å². The Bertz CT molecular complexity index is 3440. The van der Waals surface area contributed by atoms with E-state index in [1.807, 2.05) is 11.3 Å². The van der Waals surface area contributed by atoms with Crippen molar-refractivity contribution in [2.45, 2.75) is 0 Å². The molecular formula is C50H30N4S. The Balaban J connectivity index is 1.13. The molecule has 12 aromatic rings. The molecule has 0 amide bonds. The highest BCUT2D eigenvalue weighted by molar-refractivity contribution is 7.25. The van der Waals surface area contributed by atoms with E-state index in [-0.39, 0.29) is 0 Å². The lowest BCUT2D eigenvalue weighted by Crippen LogP contribution is -2.04. The van der Waals surface area contributed by atoms with Gasteiger partial charge >= 0.3 is 0 Å². The standard InChI is InChI=1S/C50H30N4S/c1-2-12-31(13-3-1)32-22-25-39-42(29-32)51-50(52-49(39)33-23-27-48-41(28-33)38-17-7-11-21-47(38)55-48)54-45-20-10-6-16-37(45)40-30-34(24-26-46(40)54)53-43-18-8-4-14-35(43)36-15-5-9-19-44(36)53/h1-30H. The van der Waals surface area contributed by atoms with Gasteiger partial charge in [-0.15, -0.1) is 11.3 Å². The molecule has 12 rings (SSSR count). The fraction of sp³-hybridized carbons (Fsp3) is 0. The van der Waals surface area contributed by atoms with E-state index in [1.165, 1.54) is 42.0 Å². The summed E-state index contributed by atoms with van der Waals surface area (Å²) in [5.74, 6) is 0.652. The van der Waals surface area contributed by atoms with Crippen molar-refractivity contribution in [3.05, 3.63) is 182 Å². The smallest absolute Gasteiger partial charge is 0.235 e. The summed E-state index contributed by atoms with van der Waals surface area (Å²) < 4.78 is 7.20. The molecule has 0 aliphatic rings. The second-order valence-corrected chi connectivity index (χ2v) is 15.3. The van der Waals surface area contributed by atoms with E-state index in [0.717, 1.165) is 60.8 Å². The number of benzene rings is 8. The SMILES string of the molecule is c1ccc(-c2ccc3c(-c4ccc5sc6ccccc6c5c4)nc(-n4c5ccccc5c5cc(-n6c7ccccc7c7ccccc76)ccc54)nc3c2)cc1. The zero-order valence-corrected chi connectivity index (χ0v) is 30.3. The van der Waals surface area contributed by atoms with E-state index in [1.54, 1.807) is 0 Å². The third-order valence-electron chi connectivity index (χ3n) is 11.1. The lowest BCUT2D eigenvalue weighted by molar-refractivity contribution is 1.01. The summed E-state index contributed by atoms with van der Waals surface area (Å²) in [4.78, 5) is 10.9. The Kier molecular flexibility index (Phi) is 6.47. The van der Waals surface area contributed by atoms with Crippen LogP contribution in [0.5, 0.6) is 0 Å². The Hall–Kier alpha value is -7.08. The minimum Gasteiger partial charge on any atom is -0.309 e. The average molecular weight is 719 g/mol. The monoisotopic (exact) mass is 718 g/mol. The Morgan fingerprint density at radius 1 is 0.345 bits per heavy atom. The van der Waals surface area contributed by atoms with Gasteiger partial charge in [0.05, 0.1) is 33.3 Å². The number of thiophene rings is 1. The zero-order chi connectivity index (χ0) is 36.0. The van der Waals surface area contributed by atoms with E-state index >= 15 is 0 Å². The van der Waals surface area contributed by atoms with Gasteiger partial charge < -0.3 is 4.57 Å². The minimum absolute atomic E-state index is 0.652. The van der Waals surface area contributed by atoms with Gasteiger partial charge in [0.2, 0.25) is 5.95 Å². The molecule has 0 aliphatic carbocycles. The Morgan fingerprint density at radius 3 is 1.71 bits per heavy atom. The van der Waals surface area contributed by atoms with Crippen molar-refractivity contribution < 1.29 is 0 Å². The van der Waals surface area contributed by atoms with E-state index < -0.39 is 0 Å². The number of aromatic nitrogens is 4. The molecule has 0 saturated heterocycles. The zero-order valence-electron chi connectivity index (χ0n) is 29.5. The maximum absolute atomic E-state index is 5.49. The van der Waals surface area contributed by atoms with Crippen LogP contribution in [0, 0.1) is 0 Å². The van der Waals surface area contributed by atoms with Crippen LogP contribution in [-0.2, 0) is 0 Å². The van der Waals surface area contributed by atoms with E-state index in [4.69, 9.17) is 9.97 Å². The van der Waals surface area contributed by atoms with Crippen LogP contribution in [0.1, 0.15) is 0 Å². The van der Waals surface area contributed by atoms with Crippen LogP contribution in [0.3, 0.4) is 0 Å². The summed E-state index contributed by atoms with van der Waals surface area (Å²) in [5.41, 5.74) is 10.8. The van der Waals surface area contributed by atoms with Crippen molar-refractivity contribution in [1.29, 1.82) is 0 Å². The number of hydrogen-bond acceptors (Lipinski definition) is 3. The van der Waals surface area contributed by atoms with Crippen LogP contribution in [-0.4, -0.2) is 19.1 Å². The Morgan fingerprint density at radius 2 is 0.945 bits per heavy atom. The van der Waals surface area contributed by atoms with Gasteiger partial charge in [-0.25, -0.2) is 9.97 Å². The molecule has 5 heteroatoms. The van der Waals surface area contributed by atoms with Gasteiger partial charge in [0.25, 0.3) is 0 Å². The summed E-state index contributed by atoms with van der Waals surface area (Å²) in [6.07, 6.45) is 0. The molecule has 4 nitrogen and oxygen atoms in total. The summed E-state index contributed by atoms with van der Waals surface area (Å²) in [6, 6.07) is 65.4. The first kappa shape index (κ1) is 30.4. The molecule has 0 fully saturated rings.